The van der Waals surface area contributed by atoms with E-state index in [1.54, 1.807) is 0 Å². The summed E-state index contributed by atoms with van der Waals surface area (Å²) in [6.07, 6.45) is -4.91. The zero-order chi connectivity index (χ0) is 15.8. The number of nitrogen functional groups attached to an aromatic ring is 1. The lowest BCUT2D eigenvalue weighted by Gasteiger charge is -2.12. The summed E-state index contributed by atoms with van der Waals surface area (Å²) in [4.78, 5) is 0. The molecule has 0 saturated heterocycles. The van der Waals surface area contributed by atoms with E-state index >= 15 is 0 Å². The van der Waals surface area contributed by atoms with Crippen molar-refractivity contribution in [3.05, 3.63) is 53.3 Å². The van der Waals surface area contributed by atoms with Crippen LogP contribution in [0.1, 0.15) is 5.56 Å². The van der Waals surface area contributed by atoms with E-state index in [-0.39, 0.29) is 17.8 Å². The second-order valence-corrected chi connectivity index (χ2v) is 4.06. The van der Waals surface area contributed by atoms with Crippen molar-refractivity contribution in [2.45, 2.75) is 6.18 Å². The Morgan fingerprint density at radius 1 is 0.857 bits per heavy atom. The van der Waals surface area contributed by atoms with Crippen molar-refractivity contribution in [2.75, 3.05) is 5.73 Å². The van der Waals surface area contributed by atoms with Crippen molar-refractivity contribution in [2.24, 2.45) is 0 Å². The summed E-state index contributed by atoms with van der Waals surface area (Å²) in [6.45, 7) is 0. The predicted octanol–water partition coefficient (Wildman–Crippen LogP) is 4.50. The average Bonchev–Trinajstić information content (AvgIpc) is 2.36. The first-order valence-corrected chi connectivity index (χ1v) is 5.47. The highest BCUT2D eigenvalue weighted by Crippen LogP contribution is 2.36. The molecule has 0 bridgehead atoms. The fraction of sp³-hybridized carbons (Fsp3) is 0.0769. The number of halogens is 6. The van der Waals surface area contributed by atoms with Crippen LogP contribution in [0, 0.1) is 17.5 Å². The molecule has 0 atom stereocenters. The van der Waals surface area contributed by atoms with Crippen molar-refractivity contribution in [1.82, 2.24) is 0 Å². The molecule has 0 spiro atoms. The fourth-order valence-electron chi connectivity index (χ4n) is 1.53. The SMILES string of the molecule is Nc1ccc(F)c(Oc2c(F)cc(C(F)(F)F)cc2F)c1. The zero-order valence-electron chi connectivity index (χ0n) is 10.1. The van der Waals surface area contributed by atoms with Crippen LogP contribution in [-0.4, -0.2) is 0 Å². The van der Waals surface area contributed by atoms with Gasteiger partial charge < -0.3 is 10.5 Å². The molecule has 0 saturated carbocycles. The van der Waals surface area contributed by atoms with Gasteiger partial charge in [0.25, 0.3) is 0 Å². The molecule has 2 nitrogen and oxygen atoms in total. The Bertz CT molecular complexity index is 660. The number of anilines is 1. The first-order chi connectivity index (χ1) is 9.68. The Balaban J connectivity index is 2.44. The van der Waals surface area contributed by atoms with Crippen molar-refractivity contribution in [1.29, 1.82) is 0 Å². The number of rotatable bonds is 2. The third kappa shape index (κ3) is 3.21. The Labute approximate surface area is 114 Å². The van der Waals surface area contributed by atoms with E-state index in [1.807, 2.05) is 0 Å². The zero-order valence-corrected chi connectivity index (χ0v) is 10.1. The van der Waals surface area contributed by atoms with Gasteiger partial charge in [0.15, 0.2) is 29.0 Å². The predicted molar refractivity (Wildman–Crippen MR) is 62.2 cm³/mol. The Morgan fingerprint density at radius 3 is 1.95 bits per heavy atom. The molecule has 2 aromatic carbocycles. The number of alkyl halides is 3. The second kappa shape index (κ2) is 5.19. The van der Waals surface area contributed by atoms with Crippen LogP contribution in [0.5, 0.6) is 11.5 Å². The number of hydrogen-bond donors (Lipinski definition) is 1. The number of benzene rings is 2. The van der Waals surface area contributed by atoms with Crippen LogP contribution in [0.3, 0.4) is 0 Å². The van der Waals surface area contributed by atoms with Gasteiger partial charge in [-0.1, -0.05) is 0 Å². The highest BCUT2D eigenvalue weighted by atomic mass is 19.4. The lowest BCUT2D eigenvalue weighted by molar-refractivity contribution is -0.138. The maximum absolute atomic E-state index is 13.5. The molecular formula is C13H7F6NO. The van der Waals surface area contributed by atoms with E-state index in [2.05, 4.69) is 4.74 Å². The van der Waals surface area contributed by atoms with Gasteiger partial charge in [-0.2, -0.15) is 13.2 Å². The lowest BCUT2D eigenvalue weighted by atomic mass is 10.2. The van der Waals surface area contributed by atoms with Crippen LogP contribution in [0.4, 0.5) is 32.0 Å². The summed E-state index contributed by atoms with van der Waals surface area (Å²) >= 11 is 0. The molecule has 2 rings (SSSR count). The molecule has 0 aliphatic carbocycles. The molecule has 0 amide bonds. The van der Waals surface area contributed by atoms with Gasteiger partial charge in [-0.3, -0.25) is 0 Å². The molecule has 0 aliphatic heterocycles. The van der Waals surface area contributed by atoms with Crippen LogP contribution < -0.4 is 10.5 Å². The minimum atomic E-state index is -4.91. The van der Waals surface area contributed by atoms with E-state index in [1.165, 1.54) is 6.07 Å². The smallest absolute Gasteiger partial charge is 0.416 e. The minimum Gasteiger partial charge on any atom is -0.448 e. The lowest BCUT2D eigenvalue weighted by Crippen LogP contribution is -2.07. The standard InChI is InChI=1S/C13H7F6NO/c14-8-2-1-7(20)5-11(8)21-12-9(15)3-6(4-10(12)16)13(17,18)19/h1-5H,20H2. The molecule has 112 valence electrons. The van der Waals surface area contributed by atoms with E-state index < -0.39 is 40.7 Å². The van der Waals surface area contributed by atoms with Gasteiger partial charge in [0.2, 0.25) is 0 Å². The van der Waals surface area contributed by atoms with Crippen molar-refractivity contribution in [3.63, 3.8) is 0 Å². The molecule has 8 heteroatoms. The molecule has 0 aliphatic rings. The van der Waals surface area contributed by atoms with E-state index in [9.17, 15) is 26.3 Å². The Kier molecular flexibility index (Phi) is 3.71. The molecule has 2 N–H and O–H groups in total. The first-order valence-electron chi connectivity index (χ1n) is 5.47. The van der Waals surface area contributed by atoms with Crippen molar-refractivity contribution in [3.8, 4) is 11.5 Å². The van der Waals surface area contributed by atoms with Crippen molar-refractivity contribution < 1.29 is 31.1 Å². The summed E-state index contributed by atoms with van der Waals surface area (Å²) < 4.78 is 82.2. The van der Waals surface area contributed by atoms with E-state index in [0.717, 1.165) is 12.1 Å². The van der Waals surface area contributed by atoms with Crippen LogP contribution >= 0.6 is 0 Å². The summed E-state index contributed by atoms with van der Waals surface area (Å²) in [6, 6.07) is 3.14. The summed E-state index contributed by atoms with van der Waals surface area (Å²) in [5.41, 5.74) is 3.89. The highest BCUT2D eigenvalue weighted by Gasteiger charge is 2.33. The monoisotopic (exact) mass is 307 g/mol. The Hall–Kier alpha value is -2.38. The minimum absolute atomic E-state index is 0.0547. The van der Waals surface area contributed by atoms with Gasteiger partial charge in [0.1, 0.15) is 0 Å². The van der Waals surface area contributed by atoms with Gasteiger partial charge in [-0.25, -0.2) is 13.2 Å². The maximum atomic E-state index is 13.5. The largest absolute Gasteiger partial charge is 0.448 e. The van der Waals surface area contributed by atoms with Gasteiger partial charge in [0, 0.05) is 11.8 Å². The first kappa shape index (κ1) is 15.0. The molecule has 0 radical (unpaired) electrons. The number of nitrogens with two attached hydrogens (primary N) is 1. The van der Waals surface area contributed by atoms with Crippen LogP contribution in [0.15, 0.2) is 30.3 Å². The molecule has 0 heterocycles. The number of ether oxygens (including phenoxy) is 1. The molecule has 21 heavy (non-hydrogen) atoms. The fourth-order valence-corrected chi connectivity index (χ4v) is 1.53. The molecular weight excluding hydrogens is 300 g/mol. The molecule has 0 fully saturated rings. The quantitative estimate of drug-likeness (QED) is 0.655. The molecule has 0 unspecified atom stereocenters. The maximum Gasteiger partial charge on any atom is 0.416 e. The Morgan fingerprint density at radius 2 is 1.43 bits per heavy atom. The van der Waals surface area contributed by atoms with Crippen LogP contribution in [0.2, 0.25) is 0 Å². The second-order valence-electron chi connectivity index (χ2n) is 4.06. The molecule has 2 aromatic rings. The molecule has 0 aromatic heterocycles. The van der Waals surface area contributed by atoms with Gasteiger partial charge in [-0.15, -0.1) is 0 Å². The van der Waals surface area contributed by atoms with Gasteiger partial charge >= 0.3 is 6.18 Å². The summed E-state index contributed by atoms with van der Waals surface area (Å²) in [5.74, 6) is -5.93. The summed E-state index contributed by atoms with van der Waals surface area (Å²) in [5, 5.41) is 0. The topological polar surface area (TPSA) is 35.2 Å². The van der Waals surface area contributed by atoms with Crippen LogP contribution in [-0.2, 0) is 6.18 Å². The number of hydrogen-bond acceptors (Lipinski definition) is 2. The normalized spacial score (nSPS) is 11.5. The summed E-state index contributed by atoms with van der Waals surface area (Å²) in [7, 11) is 0. The van der Waals surface area contributed by atoms with E-state index in [4.69, 9.17) is 5.73 Å². The van der Waals surface area contributed by atoms with Gasteiger partial charge in [-0.05, 0) is 24.3 Å². The highest BCUT2D eigenvalue weighted by molar-refractivity contribution is 5.46. The van der Waals surface area contributed by atoms with Gasteiger partial charge in [0.05, 0.1) is 5.56 Å². The van der Waals surface area contributed by atoms with Crippen molar-refractivity contribution >= 4 is 5.69 Å². The van der Waals surface area contributed by atoms with E-state index in [0.29, 0.717) is 0 Å². The van der Waals surface area contributed by atoms with Crippen LogP contribution in [0.25, 0.3) is 0 Å². The third-order valence-corrected chi connectivity index (χ3v) is 2.49. The third-order valence-electron chi connectivity index (χ3n) is 2.49. The average molecular weight is 307 g/mol.